The fraction of sp³-hybridized carbons (Fsp3) is 0.160. The molecule has 31 heavy (non-hydrogen) atoms. The number of methoxy groups -OCH3 is 2. The molecule has 0 amide bonds. The molecule has 4 aromatic rings. The summed E-state index contributed by atoms with van der Waals surface area (Å²) >= 11 is 5.92. The molecular weight excluding hydrogens is 416 g/mol. The van der Waals surface area contributed by atoms with Crippen LogP contribution in [0.1, 0.15) is 11.1 Å². The van der Waals surface area contributed by atoms with Gasteiger partial charge in [-0.3, -0.25) is 0 Å². The van der Waals surface area contributed by atoms with E-state index in [2.05, 4.69) is 0 Å². The van der Waals surface area contributed by atoms with Gasteiger partial charge in [0.15, 0.2) is 11.5 Å². The summed E-state index contributed by atoms with van der Waals surface area (Å²) in [7, 11) is 3.13. The van der Waals surface area contributed by atoms with Crippen LogP contribution in [0, 0.1) is 6.92 Å². The molecule has 0 saturated heterocycles. The maximum atomic E-state index is 12.8. The third-order valence-electron chi connectivity index (χ3n) is 5.13. The van der Waals surface area contributed by atoms with Gasteiger partial charge in [0.2, 0.25) is 0 Å². The zero-order chi connectivity index (χ0) is 22.0. The first-order chi connectivity index (χ1) is 15.0. The van der Waals surface area contributed by atoms with E-state index in [4.69, 9.17) is 30.2 Å². The molecule has 6 heteroatoms. The number of aryl methyl sites for hydroxylation is 1. The Bertz CT molecular complexity index is 1290. The molecule has 0 spiro atoms. The molecule has 3 aromatic carbocycles. The van der Waals surface area contributed by atoms with E-state index in [-0.39, 0.29) is 0 Å². The second-order valence-electron chi connectivity index (χ2n) is 7.03. The van der Waals surface area contributed by atoms with Gasteiger partial charge in [-0.2, -0.15) is 0 Å². The predicted octanol–water partition coefficient (Wildman–Crippen LogP) is 6.02. The quantitative estimate of drug-likeness (QED) is 0.346. The molecule has 0 saturated carbocycles. The third-order valence-corrected chi connectivity index (χ3v) is 5.38. The minimum Gasteiger partial charge on any atom is -0.493 e. The lowest BCUT2D eigenvalue weighted by molar-refractivity contribution is 0.306. The van der Waals surface area contributed by atoms with Crippen LogP contribution in [-0.2, 0) is 6.61 Å². The summed E-state index contributed by atoms with van der Waals surface area (Å²) in [5.74, 6) is 1.75. The van der Waals surface area contributed by atoms with Gasteiger partial charge in [0.05, 0.1) is 19.8 Å². The number of ether oxygens (including phenoxy) is 3. The summed E-state index contributed by atoms with van der Waals surface area (Å²) in [6.07, 6.45) is 0. The summed E-state index contributed by atoms with van der Waals surface area (Å²) in [6.45, 7) is 2.29. The zero-order valence-electron chi connectivity index (χ0n) is 17.4. The van der Waals surface area contributed by atoms with E-state index in [1.807, 2.05) is 49.4 Å². The largest absolute Gasteiger partial charge is 0.493 e. The van der Waals surface area contributed by atoms with Crippen LogP contribution >= 0.6 is 11.6 Å². The van der Waals surface area contributed by atoms with E-state index in [0.717, 1.165) is 16.5 Å². The van der Waals surface area contributed by atoms with Gasteiger partial charge in [-0.05, 0) is 60.0 Å². The van der Waals surface area contributed by atoms with Crippen LogP contribution < -0.4 is 19.8 Å². The average molecular weight is 437 g/mol. The lowest BCUT2D eigenvalue weighted by Crippen LogP contribution is -2.06. The fourth-order valence-electron chi connectivity index (χ4n) is 3.50. The highest BCUT2D eigenvalue weighted by molar-refractivity contribution is 6.30. The lowest BCUT2D eigenvalue weighted by Gasteiger charge is -2.12. The predicted molar refractivity (Wildman–Crippen MR) is 122 cm³/mol. The van der Waals surface area contributed by atoms with Gasteiger partial charge in [0.1, 0.15) is 17.9 Å². The van der Waals surface area contributed by atoms with Gasteiger partial charge < -0.3 is 18.6 Å². The summed E-state index contributed by atoms with van der Waals surface area (Å²) < 4.78 is 22.2. The van der Waals surface area contributed by atoms with E-state index in [0.29, 0.717) is 45.6 Å². The van der Waals surface area contributed by atoms with Crippen LogP contribution in [0.3, 0.4) is 0 Å². The second-order valence-corrected chi connectivity index (χ2v) is 7.47. The van der Waals surface area contributed by atoms with Crippen molar-refractivity contribution in [3.8, 4) is 28.4 Å². The van der Waals surface area contributed by atoms with Crippen molar-refractivity contribution in [1.82, 2.24) is 0 Å². The van der Waals surface area contributed by atoms with Gasteiger partial charge in [0, 0.05) is 16.5 Å². The van der Waals surface area contributed by atoms with Crippen LogP contribution in [0.15, 0.2) is 69.9 Å². The maximum absolute atomic E-state index is 12.8. The van der Waals surface area contributed by atoms with Crippen molar-refractivity contribution in [2.45, 2.75) is 13.5 Å². The normalized spacial score (nSPS) is 10.8. The van der Waals surface area contributed by atoms with E-state index in [1.54, 1.807) is 32.4 Å². The SMILES string of the molecule is COc1ccc(-c2c(C)c3ccc(OCc4ccc(Cl)cc4)cc3oc2=O)cc1OC. The standard InChI is InChI=1S/C25H21ClO5/c1-15-20-10-9-19(30-14-16-4-7-18(26)8-5-16)13-22(20)31-25(27)24(15)17-6-11-21(28-2)23(12-17)29-3/h4-13H,14H2,1-3H3. The lowest BCUT2D eigenvalue weighted by atomic mass is 9.99. The maximum Gasteiger partial charge on any atom is 0.344 e. The molecule has 5 nitrogen and oxygen atoms in total. The summed E-state index contributed by atoms with van der Waals surface area (Å²) in [4.78, 5) is 12.8. The highest BCUT2D eigenvalue weighted by atomic mass is 35.5. The number of hydrogen-bond acceptors (Lipinski definition) is 5. The highest BCUT2D eigenvalue weighted by Gasteiger charge is 2.16. The molecule has 1 heterocycles. The molecule has 0 unspecified atom stereocenters. The molecule has 1 aromatic heterocycles. The van der Waals surface area contributed by atoms with Crippen molar-refractivity contribution in [2.75, 3.05) is 14.2 Å². The summed E-state index contributed by atoms with van der Waals surface area (Å²) in [6, 6.07) is 18.3. The fourth-order valence-corrected chi connectivity index (χ4v) is 3.62. The molecule has 0 N–H and O–H groups in total. The Balaban J connectivity index is 1.68. The summed E-state index contributed by atoms with van der Waals surface area (Å²) in [5.41, 5.74) is 3.05. The van der Waals surface area contributed by atoms with E-state index >= 15 is 0 Å². The van der Waals surface area contributed by atoms with E-state index < -0.39 is 5.63 Å². The van der Waals surface area contributed by atoms with Crippen LogP contribution in [0.2, 0.25) is 5.02 Å². The Kier molecular flexibility index (Phi) is 5.87. The van der Waals surface area contributed by atoms with Crippen molar-refractivity contribution >= 4 is 22.6 Å². The molecule has 0 bridgehead atoms. The van der Waals surface area contributed by atoms with Crippen LogP contribution in [0.25, 0.3) is 22.1 Å². The van der Waals surface area contributed by atoms with Crippen LogP contribution in [0.5, 0.6) is 17.2 Å². The molecule has 4 rings (SSSR count). The molecule has 0 atom stereocenters. The molecule has 0 aliphatic carbocycles. The smallest absolute Gasteiger partial charge is 0.344 e. The monoisotopic (exact) mass is 436 g/mol. The third kappa shape index (κ3) is 4.23. The Hall–Kier alpha value is -3.44. The van der Waals surface area contributed by atoms with Gasteiger partial charge in [-0.1, -0.05) is 29.8 Å². The van der Waals surface area contributed by atoms with Crippen molar-refractivity contribution < 1.29 is 18.6 Å². The number of benzene rings is 3. The number of halogens is 1. The van der Waals surface area contributed by atoms with Gasteiger partial charge in [0.25, 0.3) is 0 Å². The first kappa shape index (κ1) is 20.8. The Labute approximate surface area is 184 Å². The van der Waals surface area contributed by atoms with Crippen molar-refractivity contribution in [3.63, 3.8) is 0 Å². The Morgan fingerprint density at radius 3 is 2.35 bits per heavy atom. The van der Waals surface area contributed by atoms with Crippen LogP contribution in [0.4, 0.5) is 0 Å². The molecule has 0 aliphatic heterocycles. The average Bonchev–Trinajstić information content (AvgIpc) is 2.78. The number of hydrogen-bond donors (Lipinski definition) is 0. The van der Waals surface area contributed by atoms with Crippen molar-refractivity contribution in [1.29, 1.82) is 0 Å². The molecule has 0 aliphatic rings. The first-order valence-corrected chi connectivity index (χ1v) is 10.0. The van der Waals surface area contributed by atoms with Crippen molar-refractivity contribution in [3.05, 3.63) is 87.2 Å². The van der Waals surface area contributed by atoms with Crippen LogP contribution in [-0.4, -0.2) is 14.2 Å². The highest BCUT2D eigenvalue weighted by Crippen LogP contribution is 2.34. The molecule has 0 radical (unpaired) electrons. The van der Waals surface area contributed by atoms with Gasteiger partial charge >= 0.3 is 5.63 Å². The van der Waals surface area contributed by atoms with Gasteiger partial charge in [-0.25, -0.2) is 4.79 Å². The number of fused-ring (bicyclic) bond motifs is 1. The molecular formula is C25H21ClO5. The number of rotatable bonds is 6. The topological polar surface area (TPSA) is 57.9 Å². The first-order valence-electron chi connectivity index (χ1n) is 9.67. The minimum absolute atomic E-state index is 0.385. The van der Waals surface area contributed by atoms with E-state index in [9.17, 15) is 4.79 Å². The van der Waals surface area contributed by atoms with Gasteiger partial charge in [-0.15, -0.1) is 0 Å². The second kappa shape index (κ2) is 8.74. The molecule has 0 fully saturated rings. The van der Waals surface area contributed by atoms with Crippen molar-refractivity contribution in [2.24, 2.45) is 0 Å². The molecule has 158 valence electrons. The Morgan fingerprint density at radius 2 is 1.65 bits per heavy atom. The Morgan fingerprint density at radius 1 is 0.903 bits per heavy atom. The van der Waals surface area contributed by atoms with E-state index in [1.165, 1.54) is 0 Å². The minimum atomic E-state index is -0.424. The zero-order valence-corrected chi connectivity index (χ0v) is 18.2. The summed E-state index contributed by atoms with van der Waals surface area (Å²) in [5, 5.41) is 1.51.